The number of nitrogens with one attached hydrogen (secondary N) is 1. The summed E-state index contributed by atoms with van der Waals surface area (Å²) in [5, 5.41) is 11.6. The van der Waals surface area contributed by atoms with Crippen molar-refractivity contribution in [1.82, 2.24) is 24.1 Å². The molecule has 0 fully saturated rings. The number of benzene rings is 2. The quantitative estimate of drug-likeness (QED) is 0.375. The monoisotopic (exact) mass is 496 g/mol. The first kappa shape index (κ1) is 24.3. The standard InChI is InChI=1S/C24H25FN6O3S/c1-15-21(23(33)31(30(15)4)18-8-6-5-7-9-18)26-20(32)14-35-24-28-27-22(29(24)3)16(2)34-19-12-10-17(25)11-13-19/h5-13,16H,14H2,1-4H3,(H,26,32). The summed E-state index contributed by atoms with van der Waals surface area (Å²) < 4.78 is 23.9. The molecule has 2 aromatic carbocycles. The van der Waals surface area contributed by atoms with E-state index in [1.807, 2.05) is 37.3 Å². The first-order valence-electron chi connectivity index (χ1n) is 10.8. The number of hydrogen-bond acceptors (Lipinski definition) is 6. The Morgan fingerprint density at radius 3 is 2.49 bits per heavy atom. The van der Waals surface area contributed by atoms with Crippen LogP contribution in [0.25, 0.3) is 5.69 Å². The molecule has 0 bridgehead atoms. The maximum absolute atomic E-state index is 13.1. The van der Waals surface area contributed by atoms with Crippen molar-refractivity contribution < 1.29 is 13.9 Å². The van der Waals surface area contributed by atoms with E-state index in [4.69, 9.17) is 4.74 Å². The number of hydrogen-bond donors (Lipinski definition) is 1. The maximum Gasteiger partial charge on any atom is 0.295 e. The highest BCUT2D eigenvalue weighted by Crippen LogP contribution is 2.24. The summed E-state index contributed by atoms with van der Waals surface area (Å²) in [4.78, 5) is 25.6. The van der Waals surface area contributed by atoms with Crippen LogP contribution in [0, 0.1) is 12.7 Å². The summed E-state index contributed by atoms with van der Waals surface area (Å²) >= 11 is 1.20. The highest BCUT2D eigenvalue weighted by molar-refractivity contribution is 7.99. The number of carbonyl (C=O) groups excluding carboxylic acids is 1. The van der Waals surface area contributed by atoms with E-state index in [1.54, 1.807) is 42.4 Å². The Morgan fingerprint density at radius 1 is 1.11 bits per heavy atom. The van der Waals surface area contributed by atoms with Crippen LogP contribution in [0.1, 0.15) is 24.5 Å². The molecule has 0 spiro atoms. The van der Waals surface area contributed by atoms with Crippen LogP contribution in [0.4, 0.5) is 10.1 Å². The van der Waals surface area contributed by atoms with Gasteiger partial charge in [-0.05, 0) is 50.2 Å². The largest absolute Gasteiger partial charge is 0.483 e. The van der Waals surface area contributed by atoms with Crippen LogP contribution in [-0.2, 0) is 18.9 Å². The molecular weight excluding hydrogens is 471 g/mol. The molecule has 4 aromatic rings. The van der Waals surface area contributed by atoms with Crippen molar-refractivity contribution in [2.24, 2.45) is 14.1 Å². The topological polar surface area (TPSA) is 96.0 Å². The van der Waals surface area contributed by atoms with Crippen molar-refractivity contribution in [3.8, 4) is 11.4 Å². The van der Waals surface area contributed by atoms with Gasteiger partial charge in [0, 0.05) is 14.1 Å². The van der Waals surface area contributed by atoms with Crippen molar-refractivity contribution in [1.29, 1.82) is 0 Å². The summed E-state index contributed by atoms with van der Waals surface area (Å²) in [6.45, 7) is 3.59. The molecule has 1 amide bonds. The fourth-order valence-electron chi connectivity index (χ4n) is 3.59. The molecule has 1 atom stereocenters. The van der Waals surface area contributed by atoms with Gasteiger partial charge in [0.15, 0.2) is 17.1 Å². The molecule has 2 aromatic heterocycles. The molecule has 1 unspecified atom stereocenters. The van der Waals surface area contributed by atoms with Crippen LogP contribution in [0.2, 0.25) is 0 Å². The van der Waals surface area contributed by atoms with Gasteiger partial charge in [-0.2, -0.15) is 0 Å². The Kier molecular flexibility index (Phi) is 7.06. The zero-order chi connectivity index (χ0) is 25.1. The smallest absolute Gasteiger partial charge is 0.295 e. The fourth-order valence-corrected chi connectivity index (χ4v) is 4.31. The molecular formula is C24H25FN6O3S. The van der Waals surface area contributed by atoms with Crippen LogP contribution in [0.15, 0.2) is 64.5 Å². The van der Waals surface area contributed by atoms with Gasteiger partial charge in [-0.1, -0.05) is 30.0 Å². The molecule has 11 heteroatoms. The van der Waals surface area contributed by atoms with E-state index in [2.05, 4.69) is 15.5 Å². The number of thioether (sulfide) groups is 1. The number of nitrogens with zero attached hydrogens (tertiary/aromatic N) is 5. The first-order chi connectivity index (χ1) is 16.8. The third-order valence-corrected chi connectivity index (χ3v) is 6.53. The molecule has 0 aliphatic carbocycles. The summed E-state index contributed by atoms with van der Waals surface area (Å²) in [7, 11) is 3.55. The number of rotatable bonds is 8. The van der Waals surface area contributed by atoms with Gasteiger partial charge in [0.05, 0.1) is 17.1 Å². The van der Waals surface area contributed by atoms with Crippen LogP contribution in [-0.4, -0.2) is 35.8 Å². The summed E-state index contributed by atoms with van der Waals surface area (Å²) in [6, 6.07) is 14.9. The van der Waals surface area contributed by atoms with Crippen molar-refractivity contribution in [3.05, 3.63) is 82.3 Å². The van der Waals surface area contributed by atoms with Gasteiger partial charge in [0.2, 0.25) is 5.91 Å². The van der Waals surface area contributed by atoms with E-state index in [0.717, 1.165) is 0 Å². The third-order valence-electron chi connectivity index (χ3n) is 5.51. The summed E-state index contributed by atoms with van der Waals surface area (Å²) in [5.74, 6) is 0.432. The van der Waals surface area contributed by atoms with Crippen LogP contribution in [0.5, 0.6) is 5.75 Å². The molecule has 0 saturated heterocycles. The fraction of sp³-hybridized carbons (Fsp3) is 0.250. The van der Waals surface area contributed by atoms with E-state index in [0.29, 0.717) is 28.1 Å². The van der Waals surface area contributed by atoms with E-state index in [-0.39, 0.29) is 28.7 Å². The van der Waals surface area contributed by atoms with Gasteiger partial charge < -0.3 is 14.6 Å². The highest BCUT2D eigenvalue weighted by atomic mass is 32.2. The Balaban J connectivity index is 1.41. The number of amides is 1. The zero-order valence-electron chi connectivity index (χ0n) is 19.7. The zero-order valence-corrected chi connectivity index (χ0v) is 20.5. The maximum atomic E-state index is 13.1. The molecule has 4 rings (SSSR count). The number of aromatic nitrogens is 5. The van der Waals surface area contributed by atoms with Crippen LogP contribution >= 0.6 is 11.8 Å². The molecule has 2 heterocycles. The molecule has 9 nitrogen and oxygen atoms in total. The molecule has 182 valence electrons. The van der Waals surface area contributed by atoms with Gasteiger partial charge in [-0.3, -0.25) is 14.3 Å². The van der Waals surface area contributed by atoms with Crippen molar-refractivity contribution in [2.75, 3.05) is 11.1 Å². The summed E-state index contributed by atoms with van der Waals surface area (Å²) in [6.07, 6.45) is -0.440. The predicted octanol–water partition coefficient (Wildman–Crippen LogP) is 3.62. The average molecular weight is 497 g/mol. The molecule has 0 aliphatic rings. The lowest BCUT2D eigenvalue weighted by Crippen LogP contribution is -2.23. The minimum Gasteiger partial charge on any atom is -0.483 e. The highest BCUT2D eigenvalue weighted by Gasteiger charge is 2.20. The Hall–Kier alpha value is -3.86. The molecule has 0 saturated carbocycles. The lowest BCUT2D eigenvalue weighted by atomic mass is 10.3. The van der Waals surface area contributed by atoms with Gasteiger partial charge in [-0.15, -0.1) is 10.2 Å². The predicted molar refractivity (Wildman–Crippen MR) is 132 cm³/mol. The van der Waals surface area contributed by atoms with E-state index in [9.17, 15) is 14.0 Å². The van der Waals surface area contributed by atoms with Gasteiger partial charge in [-0.25, -0.2) is 9.07 Å². The Bertz CT molecular complexity index is 1400. The Labute approximate surface area is 205 Å². The number of halogens is 1. The van der Waals surface area contributed by atoms with Crippen LogP contribution < -0.4 is 15.6 Å². The molecule has 0 aliphatic heterocycles. The lowest BCUT2D eigenvalue weighted by Gasteiger charge is -2.14. The lowest BCUT2D eigenvalue weighted by molar-refractivity contribution is -0.113. The van der Waals surface area contributed by atoms with Crippen molar-refractivity contribution in [3.63, 3.8) is 0 Å². The van der Waals surface area contributed by atoms with Crippen molar-refractivity contribution in [2.45, 2.75) is 25.1 Å². The number of carbonyl (C=O) groups is 1. The van der Waals surface area contributed by atoms with Crippen molar-refractivity contribution >= 4 is 23.4 Å². The van der Waals surface area contributed by atoms with Gasteiger partial charge in [0.1, 0.15) is 17.3 Å². The number of ether oxygens (including phenoxy) is 1. The average Bonchev–Trinajstić information content (AvgIpc) is 3.31. The van der Waals surface area contributed by atoms with Gasteiger partial charge >= 0.3 is 0 Å². The number of para-hydroxylation sites is 1. The van der Waals surface area contributed by atoms with E-state index >= 15 is 0 Å². The number of anilines is 1. The van der Waals surface area contributed by atoms with Gasteiger partial charge in [0.25, 0.3) is 5.56 Å². The second kappa shape index (κ2) is 10.2. The van der Waals surface area contributed by atoms with E-state index in [1.165, 1.54) is 28.6 Å². The van der Waals surface area contributed by atoms with E-state index < -0.39 is 6.10 Å². The summed E-state index contributed by atoms with van der Waals surface area (Å²) in [5.41, 5.74) is 1.29. The normalized spacial score (nSPS) is 11.9. The minimum atomic E-state index is -0.440. The minimum absolute atomic E-state index is 0.0400. The molecule has 1 N–H and O–H groups in total. The Morgan fingerprint density at radius 2 is 1.80 bits per heavy atom. The van der Waals surface area contributed by atoms with Crippen LogP contribution in [0.3, 0.4) is 0 Å². The molecule has 0 radical (unpaired) electrons. The second-order valence-corrected chi connectivity index (χ2v) is 8.83. The third kappa shape index (κ3) is 5.14. The second-order valence-electron chi connectivity index (χ2n) is 7.89. The molecule has 35 heavy (non-hydrogen) atoms. The SMILES string of the molecule is Cc1c(NC(=O)CSc2nnc(C(C)Oc3ccc(F)cc3)n2C)c(=O)n(-c2ccccc2)n1C. The first-order valence-corrected chi connectivity index (χ1v) is 11.8.